The molecule has 1 atom stereocenters. The van der Waals surface area contributed by atoms with Crippen molar-refractivity contribution < 1.29 is 19.1 Å². The molecular formula is C34H29ClN4O4S. The molecule has 1 heterocycles. The van der Waals surface area contributed by atoms with E-state index >= 15 is 0 Å². The van der Waals surface area contributed by atoms with Crippen molar-refractivity contribution in [3.05, 3.63) is 125 Å². The lowest BCUT2D eigenvalue weighted by atomic mass is 10.1. The van der Waals surface area contributed by atoms with Gasteiger partial charge in [-0.15, -0.1) is 11.8 Å². The predicted molar refractivity (Wildman–Crippen MR) is 177 cm³/mol. The second-order valence-corrected chi connectivity index (χ2v) is 11.6. The van der Waals surface area contributed by atoms with E-state index in [-0.39, 0.29) is 11.6 Å². The summed E-state index contributed by atoms with van der Waals surface area (Å²) in [6.07, 6.45) is 3.44. The van der Waals surface area contributed by atoms with Gasteiger partial charge >= 0.3 is 0 Å². The molecule has 0 radical (unpaired) electrons. The Labute approximate surface area is 263 Å². The molecule has 5 rings (SSSR count). The number of aromatic amines is 1. The second-order valence-electron chi connectivity index (χ2n) is 9.74. The Morgan fingerprint density at radius 3 is 2.39 bits per heavy atom. The van der Waals surface area contributed by atoms with Crippen molar-refractivity contribution in [1.29, 1.82) is 0 Å². The number of benzene rings is 4. The molecule has 0 spiro atoms. The largest absolute Gasteiger partial charge is 0.497 e. The summed E-state index contributed by atoms with van der Waals surface area (Å²) in [6.45, 7) is 1.79. The van der Waals surface area contributed by atoms with Crippen molar-refractivity contribution in [2.24, 2.45) is 0 Å². The Morgan fingerprint density at radius 1 is 0.909 bits per heavy atom. The first-order chi connectivity index (χ1) is 21.3. The van der Waals surface area contributed by atoms with Gasteiger partial charge in [-0.3, -0.25) is 14.4 Å². The molecule has 222 valence electrons. The first kappa shape index (κ1) is 30.5. The highest BCUT2D eigenvalue weighted by atomic mass is 35.5. The van der Waals surface area contributed by atoms with Crippen LogP contribution in [0.25, 0.3) is 17.0 Å². The Balaban J connectivity index is 1.28. The highest BCUT2D eigenvalue weighted by Crippen LogP contribution is 2.30. The molecule has 0 aliphatic rings. The maximum Gasteiger partial charge on any atom is 0.272 e. The zero-order valence-corrected chi connectivity index (χ0v) is 25.5. The number of anilines is 2. The lowest BCUT2D eigenvalue weighted by Gasteiger charge is -2.14. The molecule has 0 saturated carbocycles. The van der Waals surface area contributed by atoms with Crippen LogP contribution in [-0.4, -0.2) is 35.1 Å². The van der Waals surface area contributed by atoms with Crippen LogP contribution >= 0.6 is 23.4 Å². The predicted octanol–water partition coefficient (Wildman–Crippen LogP) is 7.36. The number of fused-ring (bicyclic) bond motifs is 1. The fourth-order valence-electron chi connectivity index (χ4n) is 4.35. The molecule has 0 aliphatic heterocycles. The van der Waals surface area contributed by atoms with Crippen LogP contribution in [0.4, 0.5) is 11.4 Å². The van der Waals surface area contributed by atoms with Crippen molar-refractivity contribution in [3.63, 3.8) is 0 Å². The van der Waals surface area contributed by atoms with Crippen LogP contribution in [0.1, 0.15) is 22.8 Å². The fourth-order valence-corrected chi connectivity index (χ4v) is 5.38. The molecule has 10 heteroatoms. The lowest BCUT2D eigenvalue weighted by molar-refractivity contribution is -0.115. The minimum Gasteiger partial charge on any atom is -0.497 e. The number of hydrogen-bond donors (Lipinski definition) is 4. The third-order valence-corrected chi connectivity index (χ3v) is 8.12. The van der Waals surface area contributed by atoms with E-state index in [4.69, 9.17) is 16.3 Å². The van der Waals surface area contributed by atoms with Gasteiger partial charge in [0, 0.05) is 44.9 Å². The van der Waals surface area contributed by atoms with E-state index in [0.29, 0.717) is 27.7 Å². The standard InChI is InChI=1S/C34H29ClN4O4S/c1-21(32(40)38-30-19-25(43-2)14-17-28(30)35)44-26-15-12-24(13-16-26)37-34(42)31(39-33(41)22-8-4-3-5-9-22)18-23-20-36-29-11-7-6-10-27(23)29/h3-21,36H,1-2H3,(H,37,42)(H,38,40)(H,39,41)/b31-18-/t21-/m0/s1. The first-order valence-electron chi connectivity index (χ1n) is 13.7. The Kier molecular flexibility index (Phi) is 9.69. The highest BCUT2D eigenvalue weighted by Gasteiger charge is 2.18. The van der Waals surface area contributed by atoms with Gasteiger partial charge < -0.3 is 25.7 Å². The van der Waals surface area contributed by atoms with Crippen LogP contribution < -0.4 is 20.7 Å². The summed E-state index contributed by atoms with van der Waals surface area (Å²) in [5.41, 5.74) is 3.18. The van der Waals surface area contributed by atoms with Gasteiger partial charge in [-0.2, -0.15) is 0 Å². The summed E-state index contributed by atoms with van der Waals surface area (Å²) in [5, 5.41) is 9.37. The van der Waals surface area contributed by atoms with E-state index in [1.165, 1.54) is 11.8 Å². The number of methoxy groups -OCH3 is 1. The van der Waals surface area contributed by atoms with Gasteiger partial charge in [0.1, 0.15) is 11.4 Å². The number of ether oxygens (including phenoxy) is 1. The van der Waals surface area contributed by atoms with E-state index in [0.717, 1.165) is 21.4 Å². The summed E-state index contributed by atoms with van der Waals surface area (Å²) < 4.78 is 5.21. The van der Waals surface area contributed by atoms with Crippen molar-refractivity contribution in [1.82, 2.24) is 10.3 Å². The van der Waals surface area contributed by atoms with E-state index < -0.39 is 17.1 Å². The van der Waals surface area contributed by atoms with Crippen LogP contribution in [0.3, 0.4) is 0 Å². The Bertz CT molecular complexity index is 1840. The number of hydrogen-bond acceptors (Lipinski definition) is 5. The molecular weight excluding hydrogens is 596 g/mol. The molecule has 0 saturated heterocycles. The molecule has 0 fully saturated rings. The van der Waals surface area contributed by atoms with E-state index in [1.54, 1.807) is 80.9 Å². The van der Waals surface area contributed by atoms with Gasteiger partial charge in [0.25, 0.3) is 11.8 Å². The molecule has 5 aromatic rings. The van der Waals surface area contributed by atoms with Crippen LogP contribution in [0.2, 0.25) is 5.02 Å². The van der Waals surface area contributed by atoms with Gasteiger partial charge in [0.15, 0.2) is 0 Å². The third kappa shape index (κ3) is 7.50. The SMILES string of the molecule is COc1ccc(Cl)c(NC(=O)[C@H](C)Sc2ccc(NC(=O)/C(=C/c3c[nH]c4ccccc34)NC(=O)c3ccccc3)cc2)c1. The molecule has 1 aromatic heterocycles. The highest BCUT2D eigenvalue weighted by molar-refractivity contribution is 8.00. The molecule has 4 N–H and O–H groups in total. The number of carbonyl (C=O) groups is 3. The summed E-state index contributed by atoms with van der Waals surface area (Å²) in [6, 6.07) is 28.6. The average molecular weight is 625 g/mol. The Morgan fingerprint density at radius 2 is 1.64 bits per heavy atom. The molecule has 4 aromatic carbocycles. The first-order valence-corrected chi connectivity index (χ1v) is 14.9. The number of rotatable bonds is 10. The molecule has 0 aliphatic carbocycles. The van der Waals surface area contributed by atoms with Gasteiger partial charge in [-0.1, -0.05) is 48.0 Å². The minimum atomic E-state index is -0.483. The molecule has 44 heavy (non-hydrogen) atoms. The monoisotopic (exact) mass is 624 g/mol. The molecule has 0 bridgehead atoms. The maximum absolute atomic E-state index is 13.5. The van der Waals surface area contributed by atoms with Crippen molar-refractivity contribution >= 4 is 69.4 Å². The molecule has 3 amide bonds. The van der Waals surface area contributed by atoms with Crippen molar-refractivity contribution in [3.8, 4) is 5.75 Å². The van der Waals surface area contributed by atoms with Gasteiger partial charge in [0.05, 0.1) is 23.1 Å². The van der Waals surface area contributed by atoms with E-state index in [1.807, 2.05) is 42.5 Å². The summed E-state index contributed by atoms with van der Waals surface area (Å²) in [7, 11) is 1.54. The summed E-state index contributed by atoms with van der Waals surface area (Å²) in [5.74, 6) is -0.519. The van der Waals surface area contributed by atoms with Crippen LogP contribution in [0, 0.1) is 0 Å². The smallest absolute Gasteiger partial charge is 0.272 e. The lowest BCUT2D eigenvalue weighted by Crippen LogP contribution is -2.30. The topological polar surface area (TPSA) is 112 Å². The van der Waals surface area contributed by atoms with E-state index in [2.05, 4.69) is 20.9 Å². The number of amides is 3. The maximum atomic E-state index is 13.5. The van der Waals surface area contributed by atoms with Crippen molar-refractivity contribution in [2.45, 2.75) is 17.1 Å². The number of carbonyl (C=O) groups excluding carboxylic acids is 3. The fraction of sp³-hybridized carbons (Fsp3) is 0.0882. The number of halogens is 1. The van der Waals surface area contributed by atoms with Crippen LogP contribution in [0.15, 0.2) is 114 Å². The third-order valence-electron chi connectivity index (χ3n) is 6.68. The second kappa shape index (κ2) is 14.0. The molecule has 8 nitrogen and oxygen atoms in total. The summed E-state index contributed by atoms with van der Waals surface area (Å²) in [4.78, 5) is 43.3. The van der Waals surface area contributed by atoms with Gasteiger partial charge in [-0.05, 0) is 67.6 Å². The van der Waals surface area contributed by atoms with Gasteiger partial charge in [-0.25, -0.2) is 0 Å². The number of para-hydroxylation sites is 1. The summed E-state index contributed by atoms with van der Waals surface area (Å²) >= 11 is 7.59. The number of aromatic nitrogens is 1. The number of H-pyrrole nitrogens is 1. The zero-order chi connectivity index (χ0) is 31.1. The minimum absolute atomic E-state index is 0.0866. The Hall–Kier alpha value is -4.99. The van der Waals surface area contributed by atoms with E-state index in [9.17, 15) is 14.4 Å². The van der Waals surface area contributed by atoms with Crippen LogP contribution in [0.5, 0.6) is 5.75 Å². The quantitative estimate of drug-likeness (QED) is 0.0958. The van der Waals surface area contributed by atoms with Crippen LogP contribution in [-0.2, 0) is 9.59 Å². The normalized spacial score (nSPS) is 11.9. The molecule has 0 unspecified atom stereocenters. The average Bonchev–Trinajstić information content (AvgIpc) is 3.45. The zero-order valence-electron chi connectivity index (χ0n) is 23.9. The number of thioether (sulfide) groups is 1. The van der Waals surface area contributed by atoms with Gasteiger partial charge in [0.2, 0.25) is 5.91 Å². The number of nitrogens with one attached hydrogen (secondary N) is 4. The van der Waals surface area contributed by atoms with Crippen molar-refractivity contribution in [2.75, 3.05) is 17.7 Å².